The number of rotatable bonds is 4. The van der Waals surface area contributed by atoms with E-state index in [1.807, 2.05) is 4.90 Å². The number of aryl methyl sites for hydroxylation is 1. The Hall–Kier alpha value is -2.48. The number of carbonyl (C=O) groups is 1. The Kier molecular flexibility index (Phi) is 4.48. The van der Waals surface area contributed by atoms with Crippen molar-refractivity contribution in [1.82, 2.24) is 24.6 Å². The number of amides is 1. The quantitative estimate of drug-likeness (QED) is 0.868. The molecule has 1 aliphatic heterocycles. The minimum atomic E-state index is -0.977. The van der Waals surface area contributed by atoms with Gasteiger partial charge in [-0.15, -0.1) is 0 Å². The first kappa shape index (κ1) is 16.4. The third-order valence-electron chi connectivity index (χ3n) is 4.24. The van der Waals surface area contributed by atoms with E-state index >= 15 is 0 Å². The predicted molar refractivity (Wildman–Crippen MR) is 88.6 cm³/mol. The van der Waals surface area contributed by atoms with E-state index in [1.54, 1.807) is 49.6 Å². The van der Waals surface area contributed by atoms with E-state index in [-0.39, 0.29) is 12.5 Å². The van der Waals surface area contributed by atoms with Crippen molar-refractivity contribution in [3.63, 3.8) is 0 Å². The Morgan fingerprint density at radius 1 is 1.46 bits per heavy atom. The average Bonchev–Trinajstić information content (AvgIpc) is 3.01. The van der Waals surface area contributed by atoms with Crippen LogP contribution in [0, 0.1) is 0 Å². The van der Waals surface area contributed by atoms with Crippen molar-refractivity contribution in [1.29, 1.82) is 0 Å². The minimum absolute atomic E-state index is 0.194. The normalized spacial score (nSPS) is 20.9. The van der Waals surface area contributed by atoms with Gasteiger partial charge in [-0.05, 0) is 18.9 Å². The van der Waals surface area contributed by atoms with Crippen LogP contribution in [0.25, 0.3) is 0 Å². The van der Waals surface area contributed by atoms with E-state index in [0.717, 1.165) is 18.8 Å². The molecule has 1 amide bonds. The molecular weight excluding hydrogens is 308 g/mol. The monoisotopic (exact) mass is 330 g/mol. The fraction of sp³-hybridized carbons (Fsp3) is 0.500. The van der Waals surface area contributed by atoms with Crippen LogP contribution in [0.1, 0.15) is 23.3 Å². The zero-order valence-corrected chi connectivity index (χ0v) is 14.0. The van der Waals surface area contributed by atoms with Crippen molar-refractivity contribution in [3.05, 3.63) is 36.5 Å². The molecule has 8 nitrogen and oxygen atoms in total. The molecule has 1 N–H and O–H groups in total. The summed E-state index contributed by atoms with van der Waals surface area (Å²) in [6.45, 7) is 1.49. The first-order chi connectivity index (χ1) is 11.5. The van der Waals surface area contributed by atoms with Crippen molar-refractivity contribution in [2.45, 2.75) is 18.4 Å². The van der Waals surface area contributed by atoms with Crippen LogP contribution in [0.4, 0.5) is 5.82 Å². The van der Waals surface area contributed by atoms with E-state index in [1.165, 1.54) is 4.90 Å². The SMILES string of the molecule is CN(C[C@]1(O)CCCN(c2cnccn2)C1)C(=O)c1ccn(C)n1. The van der Waals surface area contributed by atoms with Crippen molar-refractivity contribution in [2.75, 3.05) is 31.6 Å². The Labute approximate surface area is 140 Å². The standard InChI is InChI=1S/C16H22N6O2/c1-20(15(23)13-4-9-21(2)19-13)11-16(24)5-3-8-22(12-16)14-10-17-6-7-18-14/h4,6-7,9-10,24H,3,5,8,11-12H2,1-2H3/t16-/m1/s1. The van der Waals surface area contributed by atoms with Gasteiger partial charge in [0.1, 0.15) is 11.5 Å². The molecule has 128 valence electrons. The molecule has 1 atom stereocenters. The molecule has 8 heteroatoms. The number of aliphatic hydroxyl groups is 1. The maximum atomic E-state index is 12.4. The van der Waals surface area contributed by atoms with Gasteiger partial charge >= 0.3 is 0 Å². The molecule has 1 aliphatic rings. The highest BCUT2D eigenvalue weighted by Gasteiger charge is 2.36. The molecule has 0 bridgehead atoms. The molecule has 0 radical (unpaired) electrons. The zero-order chi connectivity index (χ0) is 17.2. The van der Waals surface area contributed by atoms with Gasteiger partial charge in [-0.3, -0.25) is 14.5 Å². The van der Waals surface area contributed by atoms with Gasteiger partial charge in [-0.25, -0.2) is 4.98 Å². The van der Waals surface area contributed by atoms with E-state index in [0.29, 0.717) is 18.7 Å². The fourth-order valence-corrected chi connectivity index (χ4v) is 3.13. The Morgan fingerprint density at radius 2 is 2.29 bits per heavy atom. The zero-order valence-electron chi connectivity index (χ0n) is 14.0. The van der Waals surface area contributed by atoms with Gasteiger partial charge < -0.3 is 14.9 Å². The summed E-state index contributed by atoms with van der Waals surface area (Å²) in [7, 11) is 3.46. The molecule has 3 rings (SSSR count). The first-order valence-corrected chi connectivity index (χ1v) is 7.95. The molecule has 2 aromatic heterocycles. The number of piperidine rings is 1. The lowest BCUT2D eigenvalue weighted by atomic mass is 9.92. The van der Waals surface area contributed by atoms with Crippen molar-refractivity contribution < 1.29 is 9.90 Å². The largest absolute Gasteiger partial charge is 0.386 e. The summed E-state index contributed by atoms with van der Waals surface area (Å²) < 4.78 is 1.59. The van der Waals surface area contributed by atoms with E-state index in [4.69, 9.17) is 0 Å². The second-order valence-corrected chi connectivity index (χ2v) is 6.35. The highest BCUT2D eigenvalue weighted by molar-refractivity contribution is 5.92. The summed E-state index contributed by atoms with van der Waals surface area (Å²) in [4.78, 5) is 24.3. The maximum absolute atomic E-state index is 12.4. The van der Waals surface area contributed by atoms with E-state index < -0.39 is 5.60 Å². The second kappa shape index (κ2) is 6.56. The Bertz CT molecular complexity index is 704. The number of β-amino-alcohol motifs (C(OH)–C–C–N with tert-alkyl or cyclic N) is 1. The number of aromatic nitrogens is 4. The molecule has 0 unspecified atom stereocenters. The lowest BCUT2D eigenvalue weighted by Gasteiger charge is -2.41. The van der Waals surface area contributed by atoms with Crippen LogP contribution < -0.4 is 4.90 Å². The molecule has 0 spiro atoms. The van der Waals surface area contributed by atoms with Gasteiger partial charge in [0.25, 0.3) is 5.91 Å². The van der Waals surface area contributed by atoms with Gasteiger partial charge in [0, 0.05) is 45.8 Å². The van der Waals surface area contributed by atoms with Crippen LogP contribution in [-0.2, 0) is 7.05 Å². The summed E-state index contributed by atoms with van der Waals surface area (Å²) in [6, 6.07) is 1.68. The summed E-state index contributed by atoms with van der Waals surface area (Å²) in [5, 5.41) is 15.1. The van der Waals surface area contributed by atoms with Gasteiger partial charge in [0.2, 0.25) is 0 Å². The number of nitrogens with zero attached hydrogens (tertiary/aromatic N) is 6. The molecule has 0 saturated carbocycles. The van der Waals surface area contributed by atoms with Gasteiger partial charge in [-0.1, -0.05) is 0 Å². The number of anilines is 1. The van der Waals surface area contributed by atoms with Crippen LogP contribution >= 0.6 is 0 Å². The average molecular weight is 330 g/mol. The Morgan fingerprint density at radius 3 is 2.96 bits per heavy atom. The molecule has 1 saturated heterocycles. The molecule has 0 aromatic carbocycles. The highest BCUT2D eigenvalue weighted by atomic mass is 16.3. The molecule has 24 heavy (non-hydrogen) atoms. The van der Waals surface area contributed by atoms with Gasteiger partial charge in [0.05, 0.1) is 18.3 Å². The molecule has 3 heterocycles. The molecular formula is C16H22N6O2. The van der Waals surface area contributed by atoms with Crippen LogP contribution in [0.2, 0.25) is 0 Å². The second-order valence-electron chi connectivity index (χ2n) is 6.35. The van der Waals surface area contributed by atoms with Crippen LogP contribution in [0.5, 0.6) is 0 Å². The van der Waals surface area contributed by atoms with Crippen molar-refractivity contribution >= 4 is 11.7 Å². The van der Waals surface area contributed by atoms with Crippen LogP contribution in [0.15, 0.2) is 30.9 Å². The lowest BCUT2D eigenvalue weighted by molar-refractivity contribution is -0.000305. The predicted octanol–water partition coefficient (Wildman–Crippen LogP) is 0.314. The number of hydrogen-bond donors (Lipinski definition) is 1. The molecule has 0 aliphatic carbocycles. The number of carbonyl (C=O) groups excluding carboxylic acids is 1. The number of hydrogen-bond acceptors (Lipinski definition) is 6. The topological polar surface area (TPSA) is 87.4 Å². The van der Waals surface area contributed by atoms with Crippen LogP contribution in [0.3, 0.4) is 0 Å². The van der Waals surface area contributed by atoms with Crippen LogP contribution in [-0.4, -0.2) is 67.9 Å². The maximum Gasteiger partial charge on any atom is 0.274 e. The smallest absolute Gasteiger partial charge is 0.274 e. The van der Waals surface area contributed by atoms with E-state index in [9.17, 15) is 9.90 Å². The summed E-state index contributed by atoms with van der Waals surface area (Å²) in [5.41, 5.74) is -0.597. The van der Waals surface area contributed by atoms with Gasteiger partial charge in [0.15, 0.2) is 0 Å². The van der Waals surface area contributed by atoms with Gasteiger partial charge in [-0.2, -0.15) is 5.10 Å². The molecule has 1 fully saturated rings. The Balaban J connectivity index is 1.67. The summed E-state index contributed by atoms with van der Waals surface area (Å²) in [6.07, 6.45) is 8.15. The minimum Gasteiger partial charge on any atom is -0.386 e. The third kappa shape index (κ3) is 3.53. The summed E-state index contributed by atoms with van der Waals surface area (Å²) in [5.74, 6) is 0.551. The van der Waals surface area contributed by atoms with Crippen molar-refractivity contribution in [3.8, 4) is 0 Å². The fourth-order valence-electron chi connectivity index (χ4n) is 3.13. The molecule has 2 aromatic rings. The number of likely N-dealkylation sites (N-methyl/N-ethyl adjacent to an activating group) is 1. The first-order valence-electron chi connectivity index (χ1n) is 7.95. The highest BCUT2D eigenvalue weighted by Crippen LogP contribution is 2.25. The lowest BCUT2D eigenvalue weighted by Crippen LogP contribution is -2.55. The summed E-state index contributed by atoms with van der Waals surface area (Å²) >= 11 is 0. The van der Waals surface area contributed by atoms with Crippen molar-refractivity contribution in [2.24, 2.45) is 7.05 Å². The third-order valence-corrected chi connectivity index (χ3v) is 4.24. The van der Waals surface area contributed by atoms with E-state index in [2.05, 4.69) is 15.1 Å².